The Labute approximate surface area is 135 Å². The van der Waals surface area contributed by atoms with Gasteiger partial charge in [-0.1, -0.05) is 41.4 Å². The van der Waals surface area contributed by atoms with Gasteiger partial charge < -0.3 is 10.5 Å². The molecule has 1 aromatic carbocycles. The van der Waals surface area contributed by atoms with Crippen LogP contribution in [0.5, 0.6) is 5.75 Å². The van der Waals surface area contributed by atoms with Gasteiger partial charge in [-0.2, -0.15) is 5.10 Å². The van der Waals surface area contributed by atoms with Crippen LogP contribution in [-0.2, 0) is 0 Å². The average molecular weight is 340 g/mol. The molecule has 0 aliphatic carbocycles. The number of hydrogen-bond donors (Lipinski definition) is 2. The minimum Gasteiger partial charge on any atom is -0.496 e. The summed E-state index contributed by atoms with van der Waals surface area (Å²) in [5.41, 5.74) is 9.12. The van der Waals surface area contributed by atoms with Gasteiger partial charge in [-0.15, -0.1) is 11.3 Å². The second-order valence-electron chi connectivity index (χ2n) is 4.30. The van der Waals surface area contributed by atoms with E-state index in [2.05, 4.69) is 10.2 Å². The molecule has 0 aliphatic heterocycles. The molecule has 0 radical (unpaired) electrons. The number of nitrogens with zero attached hydrogens (tertiary/aromatic N) is 1. The summed E-state index contributed by atoms with van der Waals surface area (Å²) >= 11 is 13.6. The van der Waals surface area contributed by atoms with Gasteiger partial charge in [-0.05, 0) is 12.1 Å². The molecule has 7 heteroatoms. The number of anilines is 1. The third kappa shape index (κ3) is 2.48. The van der Waals surface area contributed by atoms with Crippen LogP contribution in [-0.4, -0.2) is 17.3 Å². The van der Waals surface area contributed by atoms with Crippen LogP contribution < -0.4 is 10.5 Å². The molecule has 0 bridgehead atoms. The third-order valence-corrected chi connectivity index (χ3v) is 4.58. The third-order valence-electron chi connectivity index (χ3n) is 3.10. The lowest BCUT2D eigenvalue weighted by Crippen LogP contribution is -1.92. The Morgan fingerprint density at radius 1 is 1.24 bits per heavy atom. The maximum atomic E-state index is 6.24. The molecule has 2 heterocycles. The molecule has 0 saturated heterocycles. The van der Waals surface area contributed by atoms with Crippen molar-refractivity contribution in [3.05, 3.63) is 39.0 Å². The number of aromatic nitrogens is 2. The van der Waals surface area contributed by atoms with Gasteiger partial charge in [0, 0.05) is 11.1 Å². The van der Waals surface area contributed by atoms with E-state index in [9.17, 15) is 0 Å². The number of para-hydroxylation sites is 1. The second-order valence-corrected chi connectivity index (χ2v) is 6.58. The van der Waals surface area contributed by atoms with E-state index < -0.39 is 0 Å². The van der Waals surface area contributed by atoms with Crippen LogP contribution in [0.4, 0.5) is 5.82 Å². The molecule has 3 rings (SSSR count). The lowest BCUT2D eigenvalue weighted by Gasteiger charge is -2.09. The highest BCUT2D eigenvalue weighted by Gasteiger charge is 2.21. The summed E-state index contributed by atoms with van der Waals surface area (Å²) in [4.78, 5) is 0. The average Bonchev–Trinajstić information content (AvgIpc) is 3.01. The van der Waals surface area contributed by atoms with Crippen molar-refractivity contribution in [2.45, 2.75) is 0 Å². The molecule has 0 aliphatic rings. The highest BCUT2D eigenvalue weighted by molar-refractivity contribution is 7.20. The van der Waals surface area contributed by atoms with E-state index >= 15 is 0 Å². The topological polar surface area (TPSA) is 63.9 Å². The van der Waals surface area contributed by atoms with Crippen LogP contribution in [0.15, 0.2) is 30.3 Å². The predicted molar refractivity (Wildman–Crippen MR) is 88.3 cm³/mol. The Bertz CT molecular complexity index is 797. The molecular formula is C14H11Cl2N3OS. The van der Waals surface area contributed by atoms with Crippen molar-refractivity contribution in [1.82, 2.24) is 10.2 Å². The van der Waals surface area contributed by atoms with Crippen LogP contribution in [0.3, 0.4) is 0 Å². The molecule has 0 atom stereocenters. The summed E-state index contributed by atoms with van der Waals surface area (Å²) in [5, 5.41) is 7.02. The van der Waals surface area contributed by atoms with Gasteiger partial charge in [0.05, 0.1) is 22.7 Å². The number of aromatic amines is 1. The zero-order chi connectivity index (χ0) is 15.0. The molecule has 3 N–H and O–H groups in total. The van der Waals surface area contributed by atoms with E-state index in [0.717, 1.165) is 22.4 Å². The maximum absolute atomic E-state index is 6.24. The minimum atomic E-state index is 0.382. The summed E-state index contributed by atoms with van der Waals surface area (Å²) in [7, 11) is 1.61. The number of nitrogen functional groups attached to an aromatic ring is 1. The van der Waals surface area contributed by atoms with Crippen LogP contribution >= 0.6 is 34.5 Å². The first-order chi connectivity index (χ1) is 10.1. The van der Waals surface area contributed by atoms with E-state index in [0.29, 0.717) is 20.2 Å². The molecule has 3 aromatic rings. The highest BCUT2D eigenvalue weighted by atomic mass is 35.5. The SMILES string of the molecule is COc1ccccc1-c1c(N)n[nH]c1-c1cc(Cl)sc1Cl. The number of H-pyrrole nitrogens is 1. The number of benzene rings is 1. The van der Waals surface area contributed by atoms with Crippen molar-refractivity contribution in [3.63, 3.8) is 0 Å². The normalized spacial score (nSPS) is 10.8. The second kappa shape index (κ2) is 5.60. The van der Waals surface area contributed by atoms with Gasteiger partial charge in [0.25, 0.3) is 0 Å². The van der Waals surface area contributed by atoms with Crippen molar-refractivity contribution in [2.75, 3.05) is 12.8 Å². The van der Waals surface area contributed by atoms with E-state index in [4.69, 9.17) is 33.7 Å². The maximum Gasteiger partial charge on any atom is 0.153 e. The molecule has 0 fully saturated rings. The van der Waals surface area contributed by atoms with Crippen molar-refractivity contribution in [1.29, 1.82) is 0 Å². The van der Waals surface area contributed by atoms with E-state index in [1.807, 2.05) is 24.3 Å². The molecule has 21 heavy (non-hydrogen) atoms. The Balaban J connectivity index is 2.25. The van der Waals surface area contributed by atoms with Crippen molar-refractivity contribution >= 4 is 40.4 Å². The van der Waals surface area contributed by atoms with Crippen molar-refractivity contribution in [3.8, 4) is 28.1 Å². The van der Waals surface area contributed by atoms with Gasteiger partial charge in [0.15, 0.2) is 5.82 Å². The fourth-order valence-electron chi connectivity index (χ4n) is 2.19. The standard InChI is InChI=1S/C14H11Cl2N3OS/c1-20-9-5-3-2-4-7(9)11-12(18-19-14(11)17)8-6-10(15)21-13(8)16/h2-6H,1H3,(H3,17,18,19). The van der Waals surface area contributed by atoms with E-state index in [-0.39, 0.29) is 0 Å². The molecule has 0 spiro atoms. The predicted octanol–water partition coefficient (Wildman–Crippen LogP) is 4.70. The fourth-order valence-corrected chi connectivity index (χ4v) is 3.66. The number of ether oxygens (including phenoxy) is 1. The lowest BCUT2D eigenvalue weighted by molar-refractivity contribution is 0.416. The number of nitrogens with two attached hydrogens (primary N) is 1. The first-order valence-corrected chi connectivity index (χ1v) is 7.61. The summed E-state index contributed by atoms with van der Waals surface area (Å²) in [5.74, 6) is 1.09. The Kier molecular flexibility index (Phi) is 3.80. The first-order valence-electron chi connectivity index (χ1n) is 6.04. The number of hydrogen-bond acceptors (Lipinski definition) is 4. The molecule has 108 valence electrons. The van der Waals surface area contributed by atoms with Gasteiger partial charge in [-0.25, -0.2) is 0 Å². The summed E-state index contributed by atoms with van der Waals surface area (Å²) in [6.07, 6.45) is 0. The molecule has 0 saturated carbocycles. The number of rotatable bonds is 3. The monoisotopic (exact) mass is 339 g/mol. The van der Waals surface area contributed by atoms with Crippen molar-refractivity contribution in [2.24, 2.45) is 0 Å². The van der Waals surface area contributed by atoms with Gasteiger partial charge in [0.2, 0.25) is 0 Å². The smallest absolute Gasteiger partial charge is 0.153 e. The number of nitrogens with one attached hydrogen (secondary N) is 1. The minimum absolute atomic E-state index is 0.382. The van der Waals surface area contributed by atoms with Gasteiger partial charge in [0.1, 0.15) is 10.1 Å². The zero-order valence-electron chi connectivity index (χ0n) is 11.0. The van der Waals surface area contributed by atoms with Crippen LogP contribution in [0, 0.1) is 0 Å². The number of thiophene rings is 1. The molecule has 4 nitrogen and oxygen atoms in total. The molecule has 2 aromatic heterocycles. The zero-order valence-corrected chi connectivity index (χ0v) is 13.3. The summed E-state index contributed by atoms with van der Waals surface area (Å²) in [6, 6.07) is 9.39. The first kappa shape index (κ1) is 14.3. The fraction of sp³-hybridized carbons (Fsp3) is 0.0714. The Hall–Kier alpha value is -1.69. The van der Waals surface area contributed by atoms with E-state index in [1.54, 1.807) is 13.2 Å². The van der Waals surface area contributed by atoms with Crippen LogP contribution in [0.2, 0.25) is 8.67 Å². The summed E-state index contributed by atoms with van der Waals surface area (Å²) in [6.45, 7) is 0. The largest absolute Gasteiger partial charge is 0.496 e. The molecule has 0 amide bonds. The van der Waals surface area contributed by atoms with Crippen LogP contribution in [0.25, 0.3) is 22.4 Å². The summed E-state index contributed by atoms with van der Waals surface area (Å²) < 4.78 is 6.59. The lowest BCUT2D eigenvalue weighted by atomic mass is 10.0. The quantitative estimate of drug-likeness (QED) is 0.726. The number of methoxy groups -OCH3 is 1. The number of halogens is 2. The van der Waals surface area contributed by atoms with Gasteiger partial charge in [-0.3, -0.25) is 5.10 Å². The Morgan fingerprint density at radius 2 is 2.00 bits per heavy atom. The van der Waals surface area contributed by atoms with Crippen LogP contribution in [0.1, 0.15) is 0 Å². The van der Waals surface area contributed by atoms with Gasteiger partial charge >= 0.3 is 0 Å². The molecule has 0 unspecified atom stereocenters. The molecular weight excluding hydrogens is 329 g/mol. The Morgan fingerprint density at radius 3 is 2.67 bits per heavy atom. The highest BCUT2D eigenvalue weighted by Crippen LogP contribution is 2.44. The van der Waals surface area contributed by atoms with Crippen molar-refractivity contribution < 1.29 is 4.74 Å². The van der Waals surface area contributed by atoms with E-state index in [1.165, 1.54) is 11.3 Å².